The van der Waals surface area contributed by atoms with Gasteiger partial charge in [0.15, 0.2) is 0 Å². The van der Waals surface area contributed by atoms with E-state index in [1.807, 2.05) is 61.5 Å². The van der Waals surface area contributed by atoms with Crippen molar-refractivity contribution in [2.75, 3.05) is 19.6 Å². The molecule has 2 aromatic carbocycles. The summed E-state index contributed by atoms with van der Waals surface area (Å²) in [5.74, 6) is -2.29. The van der Waals surface area contributed by atoms with Crippen LogP contribution in [0, 0.1) is 5.41 Å². The molecule has 3 heterocycles. The molecule has 2 aliphatic heterocycles. The SMILES string of the molecule is C[C@@H]1NC(=O)[C@@H]2C[C@@H](O)CN2C(=O)[C@@H](Cc2c[nH]c3ccccc23)NC(=O)CN(C(=O)C2(C)CCCCC2)C[C@@H](c2ccccc2)NC1=O. The van der Waals surface area contributed by atoms with Gasteiger partial charge in [0, 0.05) is 48.4 Å². The Kier molecular flexibility index (Phi) is 10.0. The molecular weight excluding hydrogens is 624 g/mol. The maximum atomic E-state index is 14.4. The fourth-order valence-corrected chi connectivity index (χ4v) is 7.60. The Morgan fingerprint density at radius 2 is 1.61 bits per heavy atom. The van der Waals surface area contributed by atoms with Gasteiger partial charge in [0.2, 0.25) is 29.5 Å². The fraction of sp³-hybridized carbons (Fsp3) is 0.486. The third-order valence-electron chi connectivity index (χ3n) is 10.4. The molecule has 0 spiro atoms. The van der Waals surface area contributed by atoms with Gasteiger partial charge in [-0.25, -0.2) is 0 Å². The van der Waals surface area contributed by atoms with Crippen molar-refractivity contribution in [3.63, 3.8) is 0 Å². The van der Waals surface area contributed by atoms with E-state index in [-0.39, 0.29) is 38.4 Å². The molecule has 6 rings (SSSR count). The van der Waals surface area contributed by atoms with Crippen LogP contribution in [0.25, 0.3) is 10.9 Å². The summed E-state index contributed by atoms with van der Waals surface area (Å²) in [7, 11) is 0. The van der Waals surface area contributed by atoms with E-state index in [9.17, 15) is 29.1 Å². The molecule has 1 aliphatic carbocycles. The quantitative estimate of drug-likeness (QED) is 0.286. The summed E-state index contributed by atoms with van der Waals surface area (Å²) < 4.78 is 0. The Morgan fingerprint density at radius 3 is 2.37 bits per heavy atom. The second kappa shape index (κ2) is 14.4. The third-order valence-corrected chi connectivity index (χ3v) is 10.4. The number of fused-ring (bicyclic) bond motifs is 2. The Balaban J connectivity index is 1.39. The van der Waals surface area contributed by atoms with Crippen LogP contribution in [-0.2, 0) is 30.4 Å². The highest BCUT2D eigenvalue weighted by Crippen LogP contribution is 2.38. The fourth-order valence-electron chi connectivity index (χ4n) is 7.60. The van der Waals surface area contributed by atoms with Crippen molar-refractivity contribution in [3.05, 3.63) is 71.9 Å². The van der Waals surface area contributed by atoms with E-state index in [0.29, 0.717) is 12.8 Å². The molecule has 12 heteroatoms. The lowest BCUT2D eigenvalue weighted by atomic mass is 9.74. The summed E-state index contributed by atoms with van der Waals surface area (Å²) in [5.41, 5.74) is 1.73. The molecule has 49 heavy (non-hydrogen) atoms. The molecule has 12 nitrogen and oxygen atoms in total. The second-order valence-electron chi connectivity index (χ2n) is 14.1. The number of rotatable bonds is 4. The van der Waals surface area contributed by atoms with Gasteiger partial charge in [-0.1, -0.05) is 74.7 Å². The van der Waals surface area contributed by atoms with Gasteiger partial charge in [-0.3, -0.25) is 24.0 Å². The van der Waals surface area contributed by atoms with Crippen LogP contribution in [0.1, 0.15) is 69.5 Å². The number of para-hydroxylation sites is 1. The van der Waals surface area contributed by atoms with Gasteiger partial charge < -0.3 is 35.8 Å². The normalized spacial score (nSPS) is 27.0. The maximum Gasteiger partial charge on any atom is 0.246 e. The van der Waals surface area contributed by atoms with Crippen molar-refractivity contribution < 1.29 is 29.1 Å². The molecule has 0 unspecified atom stereocenters. The summed E-state index contributed by atoms with van der Waals surface area (Å²) in [6.07, 6.45) is 5.18. The van der Waals surface area contributed by atoms with Crippen LogP contribution in [0.3, 0.4) is 0 Å². The molecule has 5 N–H and O–H groups in total. The first kappa shape index (κ1) is 34.2. The van der Waals surface area contributed by atoms with Crippen LogP contribution in [0.5, 0.6) is 0 Å². The highest BCUT2D eigenvalue weighted by Gasteiger charge is 2.44. The third kappa shape index (κ3) is 7.49. The zero-order valence-corrected chi connectivity index (χ0v) is 28.1. The molecule has 3 fully saturated rings. The van der Waals surface area contributed by atoms with Crippen molar-refractivity contribution >= 4 is 40.4 Å². The summed E-state index contributed by atoms with van der Waals surface area (Å²) in [6.45, 7) is 3.08. The molecule has 1 aromatic heterocycles. The van der Waals surface area contributed by atoms with Crippen LogP contribution < -0.4 is 16.0 Å². The minimum absolute atomic E-state index is 0.00678. The smallest absolute Gasteiger partial charge is 0.246 e. The monoisotopic (exact) mass is 670 g/mol. The minimum Gasteiger partial charge on any atom is -0.391 e. The number of hydrogen-bond acceptors (Lipinski definition) is 6. The van der Waals surface area contributed by atoms with E-state index >= 15 is 0 Å². The zero-order chi connectivity index (χ0) is 34.7. The Morgan fingerprint density at radius 1 is 0.898 bits per heavy atom. The first-order valence-electron chi connectivity index (χ1n) is 17.3. The van der Waals surface area contributed by atoms with Gasteiger partial charge in [-0.15, -0.1) is 0 Å². The average Bonchev–Trinajstić information content (AvgIpc) is 3.70. The number of benzene rings is 2. The lowest BCUT2D eigenvalue weighted by Gasteiger charge is -2.38. The number of aromatic amines is 1. The number of amides is 5. The number of nitrogens with zero attached hydrogens (tertiary/aromatic N) is 2. The van der Waals surface area contributed by atoms with E-state index in [4.69, 9.17) is 0 Å². The molecule has 0 bridgehead atoms. The Labute approximate surface area is 286 Å². The molecule has 2 saturated heterocycles. The number of hydrogen-bond donors (Lipinski definition) is 5. The number of aromatic nitrogens is 1. The summed E-state index contributed by atoms with van der Waals surface area (Å²) >= 11 is 0. The number of nitrogens with one attached hydrogen (secondary N) is 4. The molecular formula is C37H46N6O6. The maximum absolute atomic E-state index is 14.4. The van der Waals surface area contributed by atoms with Crippen molar-refractivity contribution in [2.24, 2.45) is 5.41 Å². The van der Waals surface area contributed by atoms with Crippen LogP contribution in [0.4, 0.5) is 0 Å². The lowest BCUT2D eigenvalue weighted by molar-refractivity contribution is -0.147. The Hall–Kier alpha value is -4.71. The predicted molar refractivity (Wildman–Crippen MR) is 183 cm³/mol. The topological polar surface area (TPSA) is 164 Å². The van der Waals surface area contributed by atoms with Crippen molar-refractivity contribution in [2.45, 2.75) is 89.1 Å². The lowest BCUT2D eigenvalue weighted by Crippen LogP contribution is -2.56. The van der Waals surface area contributed by atoms with Crippen LogP contribution in [0.15, 0.2) is 60.8 Å². The highest BCUT2D eigenvalue weighted by atomic mass is 16.3. The van der Waals surface area contributed by atoms with Crippen molar-refractivity contribution in [1.82, 2.24) is 30.7 Å². The van der Waals surface area contributed by atoms with E-state index in [0.717, 1.165) is 41.3 Å². The summed E-state index contributed by atoms with van der Waals surface area (Å²) in [5, 5.41) is 20.2. The van der Waals surface area contributed by atoms with Gasteiger partial charge >= 0.3 is 0 Å². The molecule has 1 saturated carbocycles. The average molecular weight is 671 g/mol. The van der Waals surface area contributed by atoms with Gasteiger partial charge in [-0.05, 0) is 37.0 Å². The largest absolute Gasteiger partial charge is 0.391 e. The number of aliphatic hydroxyl groups excluding tert-OH is 1. The van der Waals surface area contributed by atoms with Gasteiger partial charge in [0.1, 0.15) is 18.1 Å². The van der Waals surface area contributed by atoms with E-state index < -0.39 is 59.3 Å². The van der Waals surface area contributed by atoms with Gasteiger partial charge in [0.05, 0.1) is 18.7 Å². The van der Waals surface area contributed by atoms with Gasteiger partial charge in [0.25, 0.3) is 0 Å². The standard InChI is InChI=1S/C37H46N6O6/c1-23-33(46)41-30(24-11-5-3-6-12-24)21-42(36(49)37(2)15-9-4-10-16-37)22-32(45)40-29(17-25-19-38-28-14-8-7-13-27(25)28)35(48)43-20-26(44)18-31(43)34(47)39-23/h3,5-8,11-14,19,23,26,29-31,38,44H,4,9-10,15-18,20-22H2,1-2H3,(H,39,47)(H,40,45)(H,41,46)/t23-,26+,29+,30-,31-/m0/s1. The number of aliphatic hydroxyl groups is 1. The van der Waals surface area contributed by atoms with Crippen LogP contribution in [0.2, 0.25) is 0 Å². The number of H-pyrrole nitrogens is 1. The summed E-state index contributed by atoms with van der Waals surface area (Å²) in [6, 6.07) is 13.1. The zero-order valence-electron chi connectivity index (χ0n) is 28.1. The molecule has 5 atom stereocenters. The molecule has 3 aromatic rings. The molecule has 5 amide bonds. The van der Waals surface area contributed by atoms with Gasteiger partial charge in [-0.2, -0.15) is 0 Å². The highest BCUT2D eigenvalue weighted by molar-refractivity contribution is 5.96. The second-order valence-corrected chi connectivity index (χ2v) is 14.1. The van der Waals surface area contributed by atoms with E-state index in [1.54, 1.807) is 13.1 Å². The van der Waals surface area contributed by atoms with Crippen molar-refractivity contribution in [3.8, 4) is 0 Å². The van der Waals surface area contributed by atoms with Crippen molar-refractivity contribution in [1.29, 1.82) is 0 Å². The summed E-state index contributed by atoms with van der Waals surface area (Å²) in [4.78, 5) is 76.0. The van der Waals surface area contributed by atoms with E-state index in [2.05, 4.69) is 20.9 Å². The first-order chi connectivity index (χ1) is 23.5. The first-order valence-corrected chi connectivity index (χ1v) is 17.3. The Bertz CT molecular complexity index is 1700. The molecule has 0 radical (unpaired) electrons. The number of carbonyl (C=O) groups is 5. The number of carbonyl (C=O) groups excluding carboxylic acids is 5. The molecule has 260 valence electrons. The van der Waals surface area contributed by atoms with Crippen LogP contribution in [-0.4, -0.2) is 93.3 Å². The van der Waals surface area contributed by atoms with E-state index in [1.165, 1.54) is 9.80 Å². The van der Waals surface area contributed by atoms with Crippen LogP contribution >= 0.6 is 0 Å². The minimum atomic E-state index is -1.10. The predicted octanol–water partition coefficient (Wildman–Crippen LogP) is 2.33. The molecule has 3 aliphatic rings.